The summed E-state index contributed by atoms with van der Waals surface area (Å²) in [7, 11) is 0. The Morgan fingerprint density at radius 1 is 0.489 bits per heavy atom. The first-order valence-corrected chi connectivity index (χ1v) is 15.8. The Morgan fingerprint density at radius 3 is 2.04 bits per heavy atom. The smallest absolute Gasteiger partial charge is 0.143 e. The summed E-state index contributed by atoms with van der Waals surface area (Å²) in [5, 5.41) is 5.85. The lowest BCUT2D eigenvalue weighted by atomic mass is 10.0. The molecule has 0 radical (unpaired) electrons. The molecular formula is C40H23N3OS. The van der Waals surface area contributed by atoms with Crippen molar-refractivity contribution in [1.82, 2.24) is 14.5 Å². The molecule has 210 valence electrons. The largest absolute Gasteiger partial charge is 0.456 e. The molecule has 0 unspecified atom stereocenters. The SMILES string of the molecule is c1ccc(-c2nc3sc4ccccc4c3nc2-c2ccc(-n3c4ccccc4c4cc5c(cc43)oc3ccccc35)cc2)cc1. The number of thiophene rings is 1. The van der Waals surface area contributed by atoms with Crippen LogP contribution in [0.15, 0.2) is 144 Å². The molecule has 4 nitrogen and oxygen atoms in total. The van der Waals surface area contributed by atoms with Crippen molar-refractivity contribution in [3.8, 4) is 28.2 Å². The number of fused-ring (bicyclic) bond motifs is 9. The predicted octanol–water partition coefficient (Wildman–Crippen LogP) is 11.2. The van der Waals surface area contributed by atoms with Crippen molar-refractivity contribution < 1.29 is 4.42 Å². The van der Waals surface area contributed by atoms with E-state index < -0.39 is 0 Å². The van der Waals surface area contributed by atoms with Crippen LogP contribution in [0.2, 0.25) is 0 Å². The Balaban J connectivity index is 1.19. The van der Waals surface area contributed by atoms with E-state index in [1.165, 1.54) is 15.5 Å². The molecular weight excluding hydrogens is 571 g/mol. The van der Waals surface area contributed by atoms with Crippen LogP contribution < -0.4 is 0 Å². The van der Waals surface area contributed by atoms with Crippen LogP contribution in [0.5, 0.6) is 0 Å². The molecule has 0 saturated heterocycles. The van der Waals surface area contributed by atoms with Crippen molar-refractivity contribution in [1.29, 1.82) is 0 Å². The Morgan fingerprint density at radius 2 is 1.18 bits per heavy atom. The van der Waals surface area contributed by atoms with Crippen LogP contribution >= 0.6 is 11.3 Å². The third-order valence-electron chi connectivity index (χ3n) is 8.83. The fourth-order valence-corrected chi connectivity index (χ4v) is 7.77. The molecule has 5 heteroatoms. The summed E-state index contributed by atoms with van der Waals surface area (Å²) in [6.45, 7) is 0. The van der Waals surface area contributed by atoms with Crippen molar-refractivity contribution >= 4 is 75.5 Å². The van der Waals surface area contributed by atoms with E-state index in [4.69, 9.17) is 14.4 Å². The van der Waals surface area contributed by atoms with Crippen LogP contribution in [0.3, 0.4) is 0 Å². The van der Waals surface area contributed by atoms with Gasteiger partial charge < -0.3 is 8.98 Å². The zero-order chi connectivity index (χ0) is 29.5. The first-order chi connectivity index (χ1) is 22.3. The fourth-order valence-electron chi connectivity index (χ4n) is 6.75. The van der Waals surface area contributed by atoms with Crippen molar-refractivity contribution in [2.24, 2.45) is 0 Å². The van der Waals surface area contributed by atoms with Crippen molar-refractivity contribution in [2.45, 2.75) is 0 Å². The van der Waals surface area contributed by atoms with Gasteiger partial charge in [0.15, 0.2) is 0 Å². The molecule has 0 bridgehead atoms. The van der Waals surface area contributed by atoms with Gasteiger partial charge in [-0.05, 0) is 36.4 Å². The third kappa shape index (κ3) is 3.65. The maximum atomic E-state index is 6.31. The predicted molar refractivity (Wildman–Crippen MR) is 187 cm³/mol. The van der Waals surface area contributed by atoms with Gasteiger partial charge in [0.25, 0.3) is 0 Å². The van der Waals surface area contributed by atoms with E-state index in [2.05, 4.69) is 126 Å². The number of hydrogen-bond acceptors (Lipinski definition) is 4. The summed E-state index contributed by atoms with van der Waals surface area (Å²) in [6, 6.07) is 48.9. The van der Waals surface area contributed by atoms with Crippen molar-refractivity contribution in [2.75, 3.05) is 0 Å². The number of para-hydroxylation sites is 2. The number of aromatic nitrogens is 3. The van der Waals surface area contributed by atoms with Gasteiger partial charge in [-0.3, -0.25) is 0 Å². The first kappa shape index (κ1) is 24.6. The molecule has 0 saturated carbocycles. The summed E-state index contributed by atoms with van der Waals surface area (Å²) in [4.78, 5) is 11.4. The van der Waals surface area contributed by atoms with Crippen LogP contribution in [0, 0.1) is 0 Å². The second kappa shape index (κ2) is 9.36. The van der Waals surface area contributed by atoms with E-state index in [1.807, 2.05) is 18.2 Å². The van der Waals surface area contributed by atoms with Crippen LogP contribution in [0.1, 0.15) is 0 Å². The lowest BCUT2D eigenvalue weighted by molar-refractivity contribution is 0.669. The van der Waals surface area contributed by atoms with Gasteiger partial charge in [-0.2, -0.15) is 0 Å². The third-order valence-corrected chi connectivity index (χ3v) is 9.88. The highest BCUT2D eigenvalue weighted by Crippen LogP contribution is 2.40. The average Bonchev–Trinajstić information content (AvgIpc) is 3.76. The average molecular weight is 594 g/mol. The molecule has 10 rings (SSSR count). The van der Waals surface area contributed by atoms with Gasteiger partial charge in [0.2, 0.25) is 0 Å². The second-order valence-electron chi connectivity index (χ2n) is 11.4. The van der Waals surface area contributed by atoms with Crippen LogP contribution in [-0.2, 0) is 0 Å². The van der Waals surface area contributed by atoms with Crippen LogP contribution in [0.4, 0.5) is 0 Å². The molecule has 0 atom stereocenters. The quantitative estimate of drug-likeness (QED) is 0.205. The molecule has 0 aliphatic carbocycles. The molecule has 45 heavy (non-hydrogen) atoms. The standard InChI is InChI=1S/C40H23N3OS/c1-2-10-24(11-3-1)38-37(41-39-29-14-6-9-17-36(29)45-40(39)42-38)25-18-20-26(21-19-25)43-32-15-7-4-12-27(32)30-22-31-28-13-5-8-16-34(28)44-35(31)23-33(30)43/h1-23H. The normalized spacial score (nSPS) is 12.0. The second-order valence-corrected chi connectivity index (χ2v) is 12.4. The number of nitrogens with zero attached hydrogens (tertiary/aromatic N) is 3. The zero-order valence-corrected chi connectivity index (χ0v) is 24.8. The topological polar surface area (TPSA) is 43.9 Å². The van der Waals surface area contributed by atoms with Gasteiger partial charge >= 0.3 is 0 Å². The summed E-state index contributed by atoms with van der Waals surface area (Å²) in [5.74, 6) is 0. The fraction of sp³-hybridized carbons (Fsp3) is 0. The molecule has 4 aromatic heterocycles. The zero-order valence-electron chi connectivity index (χ0n) is 23.9. The minimum absolute atomic E-state index is 0.884. The van der Waals surface area contributed by atoms with E-state index >= 15 is 0 Å². The van der Waals surface area contributed by atoms with Gasteiger partial charge in [0.05, 0.1) is 22.4 Å². The van der Waals surface area contributed by atoms with E-state index in [0.29, 0.717) is 0 Å². The lowest BCUT2D eigenvalue weighted by Gasteiger charge is -2.12. The van der Waals surface area contributed by atoms with Crippen LogP contribution in [-0.4, -0.2) is 14.5 Å². The highest BCUT2D eigenvalue weighted by molar-refractivity contribution is 7.25. The lowest BCUT2D eigenvalue weighted by Crippen LogP contribution is -1.96. The molecule has 10 aromatic rings. The molecule has 0 spiro atoms. The highest BCUT2D eigenvalue weighted by Gasteiger charge is 2.19. The minimum atomic E-state index is 0.884. The molecule has 0 amide bonds. The van der Waals surface area contributed by atoms with E-state index in [0.717, 1.165) is 76.9 Å². The number of hydrogen-bond donors (Lipinski definition) is 0. The molecule has 4 heterocycles. The molecule has 0 aliphatic rings. The van der Waals surface area contributed by atoms with Gasteiger partial charge in [0, 0.05) is 54.5 Å². The molecule has 0 fully saturated rings. The summed E-state index contributed by atoms with van der Waals surface area (Å²) in [5.41, 5.74) is 9.97. The van der Waals surface area contributed by atoms with Gasteiger partial charge in [0.1, 0.15) is 21.5 Å². The van der Waals surface area contributed by atoms with Crippen LogP contribution in [0.25, 0.3) is 92.4 Å². The number of benzene rings is 6. The maximum absolute atomic E-state index is 6.31. The van der Waals surface area contributed by atoms with E-state index in [1.54, 1.807) is 11.3 Å². The van der Waals surface area contributed by atoms with Gasteiger partial charge in [-0.1, -0.05) is 97.1 Å². The molecule has 6 aromatic carbocycles. The summed E-state index contributed by atoms with van der Waals surface area (Å²) >= 11 is 1.69. The summed E-state index contributed by atoms with van der Waals surface area (Å²) < 4.78 is 9.84. The first-order valence-electron chi connectivity index (χ1n) is 15.0. The molecule has 0 N–H and O–H groups in total. The van der Waals surface area contributed by atoms with Crippen molar-refractivity contribution in [3.63, 3.8) is 0 Å². The minimum Gasteiger partial charge on any atom is -0.456 e. The molecule has 0 aliphatic heterocycles. The number of furan rings is 1. The van der Waals surface area contributed by atoms with Gasteiger partial charge in [-0.15, -0.1) is 11.3 Å². The Hall–Kier alpha value is -5.78. The van der Waals surface area contributed by atoms with E-state index in [9.17, 15) is 0 Å². The summed E-state index contributed by atoms with van der Waals surface area (Å²) in [6.07, 6.45) is 0. The Bertz CT molecular complexity index is 2750. The Kier molecular flexibility index (Phi) is 5.12. The highest BCUT2D eigenvalue weighted by atomic mass is 32.1. The Labute approximate surface area is 261 Å². The van der Waals surface area contributed by atoms with E-state index in [-0.39, 0.29) is 0 Å². The monoisotopic (exact) mass is 593 g/mol. The number of rotatable bonds is 3. The van der Waals surface area contributed by atoms with Crippen molar-refractivity contribution in [3.05, 3.63) is 140 Å². The maximum Gasteiger partial charge on any atom is 0.143 e. The van der Waals surface area contributed by atoms with Gasteiger partial charge in [-0.25, -0.2) is 9.97 Å².